The van der Waals surface area contributed by atoms with E-state index in [1.54, 1.807) is 10.9 Å². The zero-order valence-corrected chi connectivity index (χ0v) is 8.17. The zero-order chi connectivity index (χ0) is 9.26. The number of hydrogen-bond acceptors (Lipinski definition) is 3. The van der Waals surface area contributed by atoms with Crippen LogP contribution in [-0.4, -0.2) is 9.55 Å². The minimum atomic E-state index is 0.0850. The van der Waals surface area contributed by atoms with Crippen LogP contribution in [0.25, 0.3) is 10.2 Å². The van der Waals surface area contributed by atoms with Gasteiger partial charge in [0.2, 0.25) is 0 Å². The van der Waals surface area contributed by atoms with Crippen molar-refractivity contribution >= 4 is 21.6 Å². The Kier molecular flexibility index (Phi) is 2.14. The van der Waals surface area contributed by atoms with Gasteiger partial charge in [-0.05, 0) is 17.9 Å². The lowest BCUT2D eigenvalue weighted by Gasteiger charge is -2.00. The maximum absolute atomic E-state index is 11.7. The quantitative estimate of drug-likeness (QED) is 0.731. The molecule has 0 aliphatic carbocycles. The fraction of sp³-hybridized carbons (Fsp3) is 0.333. The van der Waals surface area contributed by atoms with Crippen LogP contribution in [0.4, 0.5) is 0 Å². The molecule has 13 heavy (non-hydrogen) atoms. The number of rotatable bonds is 2. The van der Waals surface area contributed by atoms with E-state index in [9.17, 15) is 4.79 Å². The molecule has 2 rings (SSSR count). The second-order valence-corrected chi connectivity index (χ2v) is 3.79. The summed E-state index contributed by atoms with van der Waals surface area (Å²) in [6.45, 7) is 2.80. The van der Waals surface area contributed by atoms with Gasteiger partial charge in [-0.2, -0.15) is 0 Å². The molecule has 0 fully saturated rings. The van der Waals surface area contributed by atoms with Gasteiger partial charge >= 0.3 is 0 Å². The first-order valence-corrected chi connectivity index (χ1v) is 5.13. The lowest BCUT2D eigenvalue weighted by Crippen LogP contribution is -2.19. The van der Waals surface area contributed by atoms with Gasteiger partial charge < -0.3 is 0 Å². The lowest BCUT2D eigenvalue weighted by molar-refractivity contribution is 0.648. The van der Waals surface area contributed by atoms with Crippen LogP contribution in [0.3, 0.4) is 0 Å². The van der Waals surface area contributed by atoms with E-state index in [0.29, 0.717) is 0 Å². The predicted octanol–water partition coefficient (Wildman–Crippen LogP) is 1.87. The molecule has 2 heterocycles. The summed E-state index contributed by atoms with van der Waals surface area (Å²) < 4.78 is 2.43. The summed E-state index contributed by atoms with van der Waals surface area (Å²) in [7, 11) is 0. The second-order valence-electron chi connectivity index (χ2n) is 2.88. The van der Waals surface area contributed by atoms with E-state index >= 15 is 0 Å². The van der Waals surface area contributed by atoms with E-state index in [0.717, 1.165) is 23.2 Å². The number of thiophene rings is 1. The molecule has 0 unspecified atom stereocenters. The smallest absolute Gasteiger partial charge is 0.271 e. The predicted molar refractivity (Wildman–Crippen MR) is 54.2 cm³/mol. The van der Waals surface area contributed by atoms with Gasteiger partial charge in [0.05, 0.1) is 11.8 Å². The van der Waals surface area contributed by atoms with Crippen LogP contribution in [0.15, 0.2) is 22.6 Å². The maximum atomic E-state index is 11.7. The number of nitrogens with zero attached hydrogens (tertiary/aromatic N) is 2. The Morgan fingerprint density at radius 2 is 2.46 bits per heavy atom. The Labute approximate surface area is 79.7 Å². The highest BCUT2D eigenvalue weighted by molar-refractivity contribution is 7.17. The van der Waals surface area contributed by atoms with Crippen molar-refractivity contribution in [2.75, 3.05) is 0 Å². The van der Waals surface area contributed by atoms with Crippen LogP contribution >= 0.6 is 11.3 Å². The minimum absolute atomic E-state index is 0.0850. The van der Waals surface area contributed by atoms with Crippen molar-refractivity contribution in [3.05, 3.63) is 28.1 Å². The Balaban J connectivity index is 2.67. The summed E-state index contributed by atoms with van der Waals surface area (Å²) in [5.41, 5.74) is 0.893. The van der Waals surface area contributed by atoms with Gasteiger partial charge in [0.1, 0.15) is 4.70 Å². The van der Waals surface area contributed by atoms with Gasteiger partial charge in [0, 0.05) is 6.54 Å². The zero-order valence-electron chi connectivity index (χ0n) is 7.36. The molecular weight excluding hydrogens is 184 g/mol. The van der Waals surface area contributed by atoms with E-state index in [-0.39, 0.29) is 5.56 Å². The van der Waals surface area contributed by atoms with Crippen molar-refractivity contribution in [1.82, 2.24) is 9.55 Å². The SMILES string of the molecule is CCCn1cnc2ccsc2c1=O. The van der Waals surface area contributed by atoms with Crippen molar-refractivity contribution in [2.45, 2.75) is 19.9 Å². The number of aryl methyl sites for hydroxylation is 1. The molecule has 0 saturated heterocycles. The third-order valence-corrected chi connectivity index (χ3v) is 2.79. The molecule has 68 valence electrons. The Morgan fingerprint density at radius 3 is 3.23 bits per heavy atom. The molecule has 2 aromatic rings. The van der Waals surface area contributed by atoms with Crippen LogP contribution in [0.5, 0.6) is 0 Å². The summed E-state index contributed by atoms with van der Waals surface area (Å²) in [5, 5.41) is 1.90. The molecule has 0 radical (unpaired) electrons. The highest BCUT2D eigenvalue weighted by Crippen LogP contribution is 2.12. The Bertz CT molecular complexity index is 472. The summed E-state index contributed by atoms with van der Waals surface area (Å²) >= 11 is 1.46. The molecule has 2 aromatic heterocycles. The lowest BCUT2D eigenvalue weighted by atomic mass is 10.4. The van der Waals surface area contributed by atoms with Crippen molar-refractivity contribution in [3.8, 4) is 0 Å². The third-order valence-electron chi connectivity index (χ3n) is 1.90. The van der Waals surface area contributed by atoms with Crippen molar-refractivity contribution in [3.63, 3.8) is 0 Å². The normalized spacial score (nSPS) is 10.8. The second kappa shape index (κ2) is 3.30. The maximum Gasteiger partial charge on any atom is 0.271 e. The van der Waals surface area contributed by atoms with E-state index in [2.05, 4.69) is 4.98 Å². The summed E-state index contributed by atoms with van der Waals surface area (Å²) in [5.74, 6) is 0. The van der Waals surface area contributed by atoms with Gasteiger partial charge in [-0.3, -0.25) is 9.36 Å². The topological polar surface area (TPSA) is 34.9 Å². The van der Waals surface area contributed by atoms with Gasteiger partial charge in [-0.25, -0.2) is 4.98 Å². The molecule has 0 bridgehead atoms. The number of hydrogen-bond donors (Lipinski definition) is 0. The van der Waals surface area contributed by atoms with Gasteiger partial charge in [0.15, 0.2) is 0 Å². The highest BCUT2D eigenvalue weighted by Gasteiger charge is 2.03. The Morgan fingerprint density at radius 1 is 1.62 bits per heavy atom. The largest absolute Gasteiger partial charge is 0.298 e. The average Bonchev–Trinajstić information content (AvgIpc) is 2.58. The molecule has 3 nitrogen and oxygen atoms in total. The van der Waals surface area contributed by atoms with Crippen molar-refractivity contribution in [1.29, 1.82) is 0 Å². The molecule has 0 aliphatic heterocycles. The standard InChI is InChI=1S/C9H10N2OS/c1-2-4-11-6-10-7-3-5-13-8(7)9(11)12/h3,5-6H,2,4H2,1H3. The first-order valence-electron chi connectivity index (χ1n) is 4.25. The van der Waals surface area contributed by atoms with E-state index in [1.807, 2.05) is 18.4 Å². The fourth-order valence-corrected chi connectivity index (χ4v) is 2.07. The number of fused-ring (bicyclic) bond motifs is 1. The molecule has 0 atom stereocenters. The molecule has 0 spiro atoms. The van der Waals surface area contributed by atoms with Crippen LogP contribution in [0, 0.1) is 0 Å². The van der Waals surface area contributed by atoms with Gasteiger partial charge in [-0.15, -0.1) is 11.3 Å². The molecular formula is C9H10N2OS. The van der Waals surface area contributed by atoms with Crippen LogP contribution < -0.4 is 5.56 Å². The number of aromatic nitrogens is 2. The Hall–Kier alpha value is -1.16. The van der Waals surface area contributed by atoms with Crippen molar-refractivity contribution < 1.29 is 0 Å². The minimum Gasteiger partial charge on any atom is -0.298 e. The van der Waals surface area contributed by atoms with Crippen LogP contribution in [0.2, 0.25) is 0 Å². The highest BCUT2D eigenvalue weighted by atomic mass is 32.1. The fourth-order valence-electron chi connectivity index (χ4n) is 1.28. The van der Waals surface area contributed by atoms with E-state index < -0.39 is 0 Å². The molecule has 0 aliphatic rings. The van der Waals surface area contributed by atoms with Gasteiger partial charge in [0.25, 0.3) is 5.56 Å². The molecule has 0 aromatic carbocycles. The monoisotopic (exact) mass is 194 g/mol. The molecule has 4 heteroatoms. The van der Waals surface area contributed by atoms with Crippen LogP contribution in [-0.2, 0) is 6.54 Å². The molecule has 0 saturated carbocycles. The molecule has 0 amide bonds. The van der Waals surface area contributed by atoms with Gasteiger partial charge in [-0.1, -0.05) is 6.92 Å². The van der Waals surface area contributed by atoms with E-state index in [4.69, 9.17) is 0 Å². The summed E-state index contributed by atoms with van der Waals surface area (Å²) in [6, 6.07) is 1.87. The third kappa shape index (κ3) is 1.37. The van der Waals surface area contributed by atoms with E-state index in [1.165, 1.54) is 11.3 Å². The van der Waals surface area contributed by atoms with Crippen molar-refractivity contribution in [2.24, 2.45) is 0 Å². The summed E-state index contributed by atoms with van der Waals surface area (Å²) in [4.78, 5) is 15.9. The first-order chi connectivity index (χ1) is 6.33. The first kappa shape index (κ1) is 8.44. The van der Waals surface area contributed by atoms with Crippen LogP contribution in [0.1, 0.15) is 13.3 Å². The average molecular weight is 194 g/mol. The molecule has 0 N–H and O–H groups in total. The summed E-state index contributed by atoms with van der Waals surface area (Å²) in [6.07, 6.45) is 2.58.